The molecule has 1 heterocycles. The van der Waals surface area contributed by atoms with Crippen LogP contribution < -0.4 is 0 Å². The van der Waals surface area contributed by atoms with E-state index in [1.165, 1.54) is 11.3 Å². The molecule has 19 heavy (non-hydrogen) atoms. The smallest absolute Gasteiger partial charge is 0.177 e. The van der Waals surface area contributed by atoms with E-state index in [2.05, 4.69) is 33.8 Å². The van der Waals surface area contributed by atoms with Crippen molar-refractivity contribution in [3.05, 3.63) is 41.3 Å². The van der Waals surface area contributed by atoms with Crippen LogP contribution in [0.5, 0.6) is 0 Å². The van der Waals surface area contributed by atoms with E-state index < -0.39 is 0 Å². The zero-order valence-corrected chi connectivity index (χ0v) is 11.8. The molecule has 2 unspecified atom stereocenters. The number of ether oxygens (including phenoxy) is 1. The van der Waals surface area contributed by atoms with Gasteiger partial charge in [-0.1, -0.05) is 30.3 Å². The fraction of sp³-hybridized carbons (Fsp3) is 0.400. The summed E-state index contributed by atoms with van der Waals surface area (Å²) in [6.07, 6.45) is 5.66. The second kappa shape index (κ2) is 5.31. The quantitative estimate of drug-likeness (QED) is 0.859. The van der Waals surface area contributed by atoms with Crippen LogP contribution in [0.4, 0.5) is 0 Å². The Morgan fingerprint density at radius 3 is 2.74 bits per heavy atom. The Kier molecular flexibility index (Phi) is 3.53. The summed E-state index contributed by atoms with van der Waals surface area (Å²) in [5.74, 6) is 0. The van der Waals surface area contributed by atoms with Gasteiger partial charge in [0.25, 0.3) is 0 Å². The topological polar surface area (TPSA) is 29.9 Å². The number of imidazole rings is 1. The van der Waals surface area contributed by atoms with E-state index in [0.29, 0.717) is 12.1 Å². The van der Waals surface area contributed by atoms with Crippen molar-refractivity contribution in [2.24, 2.45) is 0 Å². The van der Waals surface area contributed by atoms with Gasteiger partial charge in [0, 0.05) is 19.3 Å². The molecule has 3 rings (SSSR count). The molecule has 1 fully saturated rings. The first-order valence-electron chi connectivity index (χ1n) is 6.67. The van der Waals surface area contributed by atoms with Crippen LogP contribution >= 0.6 is 12.2 Å². The van der Waals surface area contributed by atoms with E-state index in [-0.39, 0.29) is 0 Å². The van der Waals surface area contributed by atoms with Crippen molar-refractivity contribution in [1.82, 2.24) is 9.55 Å². The Morgan fingerprint density at radius 1 is 1.26 bits per heavy atom. The van der Waals surface area contributed by atoms with Crippen LogP contribution in [0.1, 0.15) is 25.3 Å². The molecule has 0 bridgehead atoms. The molecule has 1 aliphatic rings. The minimum atomic E-state index is 0.366. The van der Waals surface area contributed by atoms with Crippen LogP contribution in [0, 0.1) is 4.77 Å². The summed E-state index contributed by atoms with van der Waals surface area (Å²) in [6, 6.07) is 10.8. The number of methoxy groups -OCH3 is 1. The van der Waals surface area contributed by atoms with Crippen LogP contribution in [0.3, 0.4) is 0 Å². The van der Waals surface area contributed by atoms with E-state index in [0.717, 1.165) is 24.0 Å². The van der Waals surface area contributed by atoms with Crippen molar-refractivity contribution in [3.63, 3.8) is 0 Å². The number of hydrogen-bond donors (Lipinski definition) is 1. The van der Waals surface area contributed by atoms with Gasteiger partial charge in [0.2, 0.25) is 0 Å². The van der Waals surface area contributed by atoms with Gasteiger partial charge in [0.1, 0.15) is 0 Å². The third-order valence-electron chi connectivity index (χ3n) is 3.94. The monoisotopic (exact) mass is 274 g/mol. The molecular weight excluding hydrogens is 256 g/mol. The molecule has 4 heteroatoms. The molecular formula is C15H18N2OS. The minimum Gasteiger partial charge on any atom is -0.381 e. The average Bonchev–Trinajstić information content (AvgIpc) is 3.05. The number of aromatic amines is 1. The summed E-state index contributed by atoms with van der Waals surface area (Å²) in [4.78, 5) is 3.18. The molecule has 3 nitrogen and oxygen atoms in total. The molecule has 1 aliphatic carbocycles. The predicted octanol–water partition coefficient (Wildman–Crippen LogP) is 3.95. The van der Waals surface area contributed by atoms with Crippen LogP contribution in [-0.2, 0) is 4.74 Å². The lowest BCUT2D eigenvalue weighted by atomic mass is 10.1. The van der Waals surface area contributed by atoms with Gasteiger partial charge in [-0.2, -0.15) is 0 Å². The number of benzene rings is 1. The lowest BCUT2D eigenvalue weighted by molar-refractivity contribution is 0.106. The highest BCUT2D eigenvalue weighted by molar-refractivity contribution is 7.71. The minimum absolute atomic E-state index is 0.366. The van der Waals surface area contributed by atoms with Gasteiger partial charge in [-0.05, 0) is 37.0 Å². The summed E-state index contributed by atoms with van der Waals surface area (Å²) in [5.41, 5.74) is 2.38. The summed E-state index contributed by atoms with van der Waals surface area (Å²) in [6.45, 7) is 0. The number of nitrogens with one attached hydrogen (secondary N) is 1. The van der Waals surface area contributed by atoms with Crippen molar-refractivity contribution in [3.8, 4) is 11.3 Å². The maximum atomic E-state index is 5.47. The van der Waals surface area contributed by atoms with Gasteiger partial charge < -0.3 is 14.3 Å². The second-order valence-corrected chi connectivity index (χ2v) is 5.43. The Bertz CT molecular complexity index is 602. The molecule has 0 saturated heterocycles. The molecule has 0 spiro atoms. The molecule has 1 aromatic heterocycles. The predicted molar refractivity (Wildman–Crippen MR) is 78.7 cm³/mol. The number of nitrogens with zero attached hydrogens (tertiary/aromatic N) is 1. The number of hydrogen-bond acceptors (Lipinski definition) is 2. The third-order valence-corrected chi connectivity index (χ3v) is 4.25. The van der Waals surface area contributed by atoms with E-state index in [1.807, 2.05) is 12.3 Å². The van der Waals surface area contributed by atoms with Crippen LogP contribution in [0.15, 0.2) is 36.5 Å². The number of rotatable bonds is 3. The summed E-state index contributed by atoms with van der Waals surface area (Å²) in [7, 11) is 1.79. The van der Waals surface area contributed by atoms with Crippen molar-refractivity contribution >= 4 is 12.2 Å². The highest BCUT2D eigenvalue weighted by Crippen LogP contribution is 2.35. The van der Waals surface area contributed by atoms with Gasteiger partial charge in [0.15, 0.2) is 4.77 Å². The normalized spacial score (nSPS) is 22.8. The van der Waals surface area contributed by atoms with E-state index in [4.69, 9.17) is 17.0 Å². The van der Waals surface area contributed by atoms with Crippen molar-refractivity contribution in [2.75, 3.05) is 7.11 Å². The maximum Gasteiger partial charge on any atom is 0.177 e. The van der Waals surface area contributed by atoms with E-state index in [9.17, 15) is 0 Å². The molecule has 1 N–H and O–H groups in total. The molecule has 1 saturated carbocycles. The van der Waals surface area contributed by atoms with Gasteiger partial charge >= 0.3 is 0 Å². The molecule has 2 atom stereocenters. The maximum absolute atomic E-state index is 5.47. The van der Waals surface area contributed by atoms with Gasteiger partial charge in [-0.25, -0.2) is 0 Å². The molecule has 0 radical (unpaired) electrons. The van der Waals surface area contributed by atoms with Gasteiger partial charge in [-0.3, -0.25) is 0 Å². The molecule has 0 amide bonds. The lowest BCUT2D eigenvalue weighted by Crippen LogP contribution is -2.10. The molecule has 2 aromatic rings. The van der Waals surface area contributed by atoms with E-state index >= 15 is 0 Å². The van der Waals surface area contributed by atoms with Gasteiger partial charge in [0.05, 0.1) is 11.8 Å². The second-order valence-electron chi connectivity index (χ2n) is 5.04. The fourth-order valence-corrected chi connectivity index (χ4v) is 3.24. The van der Waals surface area contributed by atoms with Crippen LogP contribution in [0.2, 0.25) is 0 Å². The SMILES string of the molecule is COC1CCC(n2c(-c3ccccc3)c[nH]c2=S)C1. The lowest BCUT2D eigenvalue weighted by Gasteiger charge is -2.16. The Hall–Kier alpha value is -1.39. The first-order valence-corrected chi connectivity index (χ1v) is 7.08. The Morgan fingerprint density at radius 2 is 2.05 bits per heavy atom. The average molecular weight is 274 g/mol. The third kappa shape index (κ3) is 2.38. The van der Waals surface area contributed by atoms with E-state index in [1.54, 1.807) is 7.11 Å². The Labute approximate surface area is 118 Å². The van der Waals surface area contributed by atoms with Crippen molar-refractivity contribution < 1.29 is 4.74 Å². The van der Waals surface area contributed by atoms with Crippen molar-refractivity contribution in [1.29, 1.82) is 0 Å². The Balaban J connectivity index is 1.98. The summed E-state index contributed by atoms with van der Waals surface area (Å²) in [5, 5.41) is 0. The highest BCUT2D eigenvalue weighted by Gasteiger charge is 2.27. The fourth-order valence-electron chi connectivity index (χ4n) is 2.94. The number of aromatic nitrogens is 2. The van der Waals surface area contributed by atoms with Crippen LogP contribution in [-0.4, -0.2) is 22.8 Å². The van der Waals surface area contributed by atoms with Crippen molar-refractivity contribution in [2.45, 2.75) is 31.4 Å². The summed E-state index contributed by atoms with van der Waals surface area (Å²) < 4.78 is 8.53. The largest absolute Gasteiger partial charge is 0.381 e. The van der Waals surface area contributed by atoms with Crippen LogP contribution in [0.25, 0.3) is 11.3 Å². The standard InChI is InChI=1S/C15H18N2OS/c1-18-13-8-7-12(9-13)17-14(10-16-15(17)19)11-5-3-2-4-6-11/h2-6,10,12-13H,7-9H2,1H3,(H,16,19). The summed E-state index contributed by atoms with van der Waals surface area (Å²) >= 11 is 5.45. The zero-order valence-electron chi connectivity index (χ0n) is 11.0. The first-order chi connectivity index (χ1) is 9.29. The van der Waals surface area contributed by atoms with Gasteiger partial charge in [-0.15, -0.1) is 0 Å². The molecule has 1 aromatic carbocycles. The highest BCUT2D eigenvalue weighted by atomic mass is 32.1. The molecule has 100 valence electrons. The zero-order chi connectivity index (χ0) is 13.2. The molecule has 0 aliphatic heterocycles. The first kappa shape index (κ1) is 12.6. The number of H-pyrrole nitrogens is 1.